The molecule has 0 radical (unpaired) electrons. The Kier molecular flexibility index (Phi) is 4.69. The van der Waals surface area contributed by atoms with Gasteiger partial charge in [0.2, 0.25) is 0 Å². The molecule has 122 valence electrons. The Bertz CT molecular complexity index is 383. The third-order valence-electron chi connectivity index (χ3n) is 5.97. The minimum Gasteiger partial charge on any atom is -0.481 e. The molecule has 1 atom stereocenters. The highest BCUT2D eigenvalue weighted by atomic mass is 16.5. The molecule has 1 unspecified atom stereocenters. The summed E-state index contributed by atoms with van der Waals surface area (Å²) in [6.07, 6.45) is 8.81. The van der Waals surface area contributed by atoms with E-state index in [1.807, 2.05) is 13.8 Å². The Balaban J connectivity index is 1.88. The van der Waals surface area contributed by atoms with Gasteiger partial charge in [-0.1, -0.05) is 19.3 Å². The topological polar surface area (TPSA) is 58.6 Å². The second kappa shape index (κ2) is 5.88. The lowest BCUT2D eigenvalue weighted by Gasteiger charge is -2.40. The highest BCUT2D eigenvalue weighted by Gasteiger charge is 2.45. The van der Waals surface area contributed by atoms with E-state index in [1.165, 1.54) is 38.5 Å². The first kappa shape index (κ1) is 16.8. The van der Waals surface area contributed by atoms with Crippen molar-refractivity contribution in [2.75, 3.05) is 6.54 Å². The van der Waals surface area contributed by atoms with Crippen molar-refractivity contribution in [3.63, 3.8) is 0 Å². The fraction of sp³-hybridized carbons (Fsp3) is 0.941. The Hall–Kier alpha value is -0.610. The number of ether oxygens (including phenoxy) is 1. The summed E-state index contributed by atoms with van der Waals surface area (Å²) < 4.78 is 6.35. The van der Waals surface area contributed by atoms with Gasteiger partial charge in [0, 0.05) is 12.1 Å². The summed E-state index contributed by atoms with van der Waals surface area (Å²) in [5.41, 5.74) is -1.14. The van der Waals surface area contributed by atoms with Crippen LogP contribution in [0.5, 0.6) is 0 Å². The predicted octanol–water partition coefficient (Wildman–Crippen LogP) is 3.35. The van der Waals surface area contributed by atoms with E-state index in [0.29, 0.717) is 0 Å². The van der Waals surface area contributed by atoms with Crippen LogP contribution >= 0.6 is 0 Å². The largest absolute Gasteiger partial charge is 0.481 e. The van der Waals surface area contributed by atoms with E-state index < -0.39 is 16.9 Å². The van der Waals surface area contributed by atoms with Gasteiger partial charge >= 0.3 is 5.97 Å². The number of carboxylic acid groups (broad SMARTS) is 1. The molecule has 21 heavy (non-hydrogen) atoms. The van der Waals surface area contributed by atoms with Crippen LogP contribution in [0.3, 0.4) is 0 Å². The summed E-state index contributed by atoms with van der Waals surface area (Å²) in [6.45, 7) is 8.23. The van der Waals surface area contributed by atoms with Crippen LogP contribution in [-0.2, 0) is 9.53 Å². The van der Waals surface area contributed by atoms with Crippen molar-refractivity contribution >= 4 is 5.97 Å². The van der Waals surface area contributed by atoms with Crippen LogP contribution in [0.25, 0.3) is 0 Å². The van der Waals surface area contributed by atoms with Crippen molar-refractivity contribution in [3.05, 3.63) is 0 Å². The Morgan fingerprint density at radius 3 is 2.38 bits per heavy atom. The highest BCUT2D eigenvalue weighted by molar-refractivity contribution is 5.75. The molecule has 4 heteroatoms. The SMILES string of the molecule is CC(C)(NCC1CCC2(CCCCC2)O1)C(C)(C)C(=O)O. The molecule has 2 N–H and O–H groups in total. The monoisotopic (exact) mass is 297 g/mol. The fourth-order valence-electron chi connectivity index (χ4n) is 3.46. The van der Waals surface area contributed by atoms with Gasteiger partial charge in [-0.25, -0.2) is 0 Å². The first-order chi connectivity index (χ1) is 9.69. The van der Waals surface area contributed by atoms with Crippen molar-refractivity contribution in [1.82, 2.24) is 5.32 Å². The maximum absolute atomic E-state index is 11.4. The molecule has 1 spiro atoms. The van der Waals surface area contributed by atoms with E-state index in [-0.39, 0.29) is 11.7 Å². The zero-order chi connectivity index (χ0) is 15.7. The number of carboxylic acids is 1. The molecule has 1 heterocycles. The normalized spacial score (nSPS) is 26.2. The fourth-order valence-corrected chi connectivity index (χ4v) is 3.46. The number of nitrogens with one attached hydrogen (secondary N) is 1. The lowest BCUT2D eigenvalue weighted by atomic mass is 9.74. The van der Waals surface area contributed by atoms with Gasteiger partial charge in [0.05, 0.1) is 17.1 Å². The van der Waals surface area contributed by atoms with E-state index in [0.717, 1.165) is 13.0 Å². The van der Waals surface area contributed by atoms with E-state index in [4.69, 9.17) is 4.74 Å². The summed E-state index contributed by atoms with van der Waals surface area (Å²) in [5.74, 6) is -0.768. The first-order valence-corrected chi connectivity index (χ1v) is 8.35. The molecule has 0 aromatic carbocycles. The number of hydrogen-bond donors (Lipinski definition) is 2. The molecule has 2 fully saturated rings. The maximum Gasteiger partial charge on any atom is 0.310 e. The predicted molar refractivity (Wildman–Crippen MR) is 83.4 cm³/mol. The van der Waals surface area contributed by atoms with Crippen LogP contribution < -0.4 is 5.32 Å². The molecule has 1 saturated carbocycles. The quantitative estimate of drug-likeness (QED) is 0.817. The molecule has 0 aromatic rings. The number of aliphatic carboxylic acids is 1. The van der Waals surface area contributed by atoms with Gasteiger partial charge in [-0.15, -0.1) is 0 Å². The van der Waals surface area contributed by atoms with E-state index >= 15 is 0 Å². The van der Waals surface area contributed by atoms with Crippen LogP contribution in [0.4, 0.5) is 0 Å². The van der Waals surface area contributed by atoms with Gasteiger partial charge in [0.15, 0.2) is 0 Å². The molecular formula is C17H31NO3. The smallest absolute Gasteiger partial charge is 0.310 e. The highest BCUT2D eigenvalue weighted by Crippen LogP contribution is 2.42. The molecule has 0 amide bonds. The Morgan fingerprint density at radius 1 is 1.19 bits per heavy atom. The average molecular weight is 297 g/mol. The second-order valence-corrected chi connectivity index (χ2v) is 7.96. The molecule has 2 aliphatic rings. The summed E-state index contributed by atoms with van der Waals surface area (Å²) in [4.78, 5) is 11.4. The van der Waals surface area contributed by atoms with Gasteiger partial charge in [-0.05, 0) is 53.4 Å². The standard InChI is InChI=1S/C17H31NO3/c1-15(2,14(19)20)16(3,4)18-12-13-8-11-17(21-13)9-6-5-7-10-17/h13,18H,5-12H2,1-4H3,(H,19,20). The molecule has 0 bridgehead atoms. The van der Waals surface area contributed by atoms with Gasteiger partial charge in [-0.2, -0.15) is 0 Å². The van der Waals surface area contributed by atoms with Crippen LogP contribution in [0.2, 0.25) is 0 Å². The summed E-state index contributed by atoms with van der Waals surface area (Å²) in [5, 5.41) is 12.8. The van der Waals surface area contributed by atoms with Gasteiger partial charge in [0.1, 0.15) is 0 Å². The van der Waals surface area contributed by atoms with Crippen LogP contribution in [0.15, 0.2) is 0 Å². The van der Waals surface area contributed by atoms with Crippen molar-refractivity contribution in [2.24, 2.45) is 5.41 Å². The zero-order valence-corrected chi connectivity index (χ0v) is 14.0. The first-order valence-electron chi connectivity index (χ1n) is 8.35. The molecule has 1 aliphatic heterocycles. The summed E-state index contributed by atoms with van der Waals surface area (Å²) in [6, 6.07) is 0. The van der Waals surface area contributed by atoms with Gasteiger partial charge in [0.25, 0.3) is 0 Å². The lowest BCUT2D eigenvalue weighted by molar-refractivity contribution is -0.151. The molecule has 4 nitrogen and oxygen atoms in total. The Morgan fingerprint density at radius 2 is 1.81 bits per heavy atom. The molecule has 1 aliphatic carbocycles. The summed E-state index contributed by atoms with van der Waals surface area (Å²) in [7, 11) is 0. The van der Waals surface area contributed by atoms with Crippen molar-refractivity contribution in [1.29, 1.82) is 0 Å². The van der Waals surface area contributed by atoms with Crippen molar-refractivity contribution in [2.45, 2.75) is 89.9 Å². The second-order valence-electron chi connectivity index (χ2n) is 7.96. The van der Waals surface area contributed by atoms with Crippen LogP contribution in [0.1, 0.15) is 72.6 Å². The van der Waals surface area contributed by atoms with Gasteiger partial charge < -0.3 is 15.2 Å². The maximum atomic E-state index is 11.4. The number of hydrogen-bond acceptors (Lipinski definition) is 3. The summed E-state index contributed by atoms with van der Waals surface area (Å²) >= 11 is 0. The van der Waals surface area contributed by atoms with Crippen LogP contribution in [0, 0.1) is 5.41 Å². The van der Waals surface area contributed by atoms with Crippen LogP contribution in [-0.4, -0.2) is 34.9 Å². The van der Waals surface area contributed by atoms with Gasteiger partial charge in [-0.3, -0.25) is 4.79 Å². The third kappa shape index (κ3) is 3.42. The van der Waals surface area contributed by atoms with E-state index in [2.05, 4.69) is 5.32 Å². The third-order valence-corrected chi connectivity index (χ3v) is 5.97. The molecule has 1 saturated heterocycles. The van der Waals surface area contributed by atoms with Crippen molar-refractivity contribution < 1.29 is 14.6 Å². The van der Waals surface area contributed by atoms with Crippen molar-refractivity contribution in [3.8, 4) is 0 Å². The zero-order valence-electron chi connectivity index (χ0n) is 14.0. The molecule has 0 aromatic heterocycles. The minimum absolute atomic E-state index is 0.136. The molecule has 2 rings (SSSR count). The molecular weight excluding hydrogens is 266 g/mol. The number of rotatable bonds is 5. The number of carbonyl (C=O) groups is 1. The average Bonchev–Trinajstić information content (AvgIpc) is 2.80. The minimum atomic E-state index is -0.811. The van der Waals surface area contributed by atoms with E-state index in [1.54, 1.807) is 13.8 Å². The lowest BCUT2D eigenvalue weighted by Crippen LogP contribution is -2.56. The van der Waals surface area contributed by atoms with E-state index in [9.17, 15) is 9.90 Å². The Labute approximate surface area is 128 Å².